The number of likely N-dealkylation sites (tertiary alicyclic amines) is 2. The summed E-state index contributed by atoms with van der Waals surface area (Å²) in [6, 6.07) is 3.60. The van der Waals surface area contributed by atoms with E-state index in [1.807, 2.05) is 19.9 Å². The number of hydrogen-bond acceptors (Lipinski definition) is 6. The van der Waals surface area contributed by atoms with E-state index in [0.29, 0.717) is 31.0 Å². The minimum Gasteiger partial charge on any atom is -0.354 e. The number of nitrogens with one attached hydrogen (secondary N) is 2. The van der Waals surface area contributed by atoms with E-state index < -0.39 is 5.82 Å². The van der Waals surface area contributed by atoms with Gasteiger partial charge in [-0.1, -0.05) is 12.5 Å². The number of amides is 2. The number of halogens is 1. The Kier molecular flexibility index (Phi) is 7.10. The summed E-state index contributed by atoms with van der Waals surface area (Å²) in [7, 11) is 1.76. The Morgan fingerprint density at radius 3 is 2.59 bits per heavy atom. The van der Waals surface area contributed by atoms with Crippen LogP contribution in [0.15, 0.2) is 24.7 Å². The average molecular weight is 508 g/mol. The monoisotopic (exact) mass is 507 g/mol. The van der Waals surface area contributed by atoms with Gasteiger partial charge in [0.15, 0.2) is 5.82 Å². The van der Waals surface area contributed by atoms with Gasteiger partial charge in [-0.2, -0.15) is 0 Å². The molecule has 2 aromatic heterocycles. The second kappa shape index (κ2) is 10.5. The fourth-order valence-electron chi connectivity index (χ4n) is 5.13. The highest BCUT2D eigenvalue weighted by Crippen LogP contribution is 2.33. The van der Waals surface area contributed by atoms with Gasteiger partial charge < -0.3 is 25.0 Å². The van der Waals surface area contributed by atoms with Crippen LogP contribution in [0.2, 0.25) is 0 Å². The lowest BCUT2D eigenvalue weighted by Gasteiger charge is -2.38. The van der Waals surface area contributed by atoms with Crippen LogP contribution in [0.4, 0.5) is 15.9 Å². The Balaban J connectivity index is 1.30. The normalized spacial score (nSPS) is 16.6. The molecule has 2 aliphatic heterocycles. The lowest BCUT2D eigenvalue weighted by atomic mass is 9.97. The second-order valence-corrected chi connectivity index (χ2v) is 10.2. The molecule has 10 heteroatoms. The molecule has 2 fully saturated rings. The fourth-order valence-corrected chi connectivity index (χ4v) is 5.13. The van der Waals surface area contributed by atoms with Crippen LogP contribution < -0.4 is 10.6 Å². The number of nitrogens with zero attached hydrogens (tertiary/aromatic N) is 5. The van der Waals surface area contributed by atoms with Gasteiger partial charge in [-0.25, -0.2) is 14.4 Å². The number of aryl methyl sites for hydroxylation is 3. The molecule has 0 unspecified atom stereocenters. The van der Waals surface area contributed by atoms with Crippen molar-refractivity contribution in [1.82, 2.24) is 29.7 Å². The molecule has 0 saturated carbocycles. The van der Waals surface area contributed by atoms with E-state index in [9.17, 15) is 9.59 Å². The maximum Gasteiger partial charge on any atom is 0.256 e. The van der Waals surface area contributed by atoms with Crippen LogP contribution in [-0.4, -0.2) is 75.4 Å². The molecule has 2 aliphatic rings. The van der Waals surface area contributed by atoms with Crippen LogP contribution in [0, 0.1) is 25.6 Å². The number of imidazole rings is 1. The number of anilines is 2. The number of carbonyl (C=O) groups excluding carboxylic acids is 2. The zero-order valence-electron chi connectivity index (χ0n) is 21.7. The number of benzene rings is 1. The molecule has 3 aromatic rings. The third-order valence-electron chi connectivity index (χ3n) is 7.36. The van der Waals surface area contributed by atoms with Crippen LogP contribution in [0.25, 0.3) is 11.0 Å². The van der Waals surface area contributed by atoms with Gasteiger partial charge in [-0.15, -0.1) is 0 Å². The van der Waals surface area contributed by atoms with Crippen molar-refractivity contribution < 1.29 is 14.0 Å². The van der Waals surface area contributed by atoms with Crippen molar-refractivity contribution in [3.8, 4) is 0 Å². The lowest BCUT2D eigenvalue weighted by molar-refractivity contribution is -0.129. The van der Waals surface area contributed by atoms with Crippen LogP contribution >= 0.6 is 0 Å². The first-order valence-corrected chi connectivity index (χ1v) is 12.9. The number of fused-ring (bicyclic) bond motifs is 1. The summed E-state index contributed by atoms with van der Waals surface area (Å²) in [5.74, 6) is -0.744. The number of piperidine rings is 1. The van der Waals surface area contributed by atoms with Gasteiger partial charge >= 0.3 is 0 Å². The van der Waals surface area contributed by atoms with Crippen molar-refractivity contribution in [2.45, 2.75) is 33.1 Å². The van der Waals surface area contributed by atoms with E-state index in [1.165, 1.54) is 25.6 Å². The van der Waals surface area contributed by atoms with Gasteiger partial charge in [0.05, 0.1) is 29.0 Å². The minimum atomic E-state index is -0.601. The van der Waals surface area contributed by atoms with Crippen LogP contribution in [-0.2, 0) is 11.8 Å². The molecule has 0 bridgehead atoms. The highest BCUT2D eigenvalue weighted by molar-refractivity contribution is 6.05. The topological polar surface area (TPSA) is 95.4 Å². The van der Waals surface area contributed by atoms with Crippen molar-refractivity contribution in [2.24, 2.45) is 13.0 Å². The Bertz CT molecular complexity index is 1330. The molecule has 4 heterocycles. The molecule has 0 atom stereocenters. The van der Waals surface area contributed by atoms with E-state index in [0.717, 1.165) is 30.8 Å². The maximum absolute atomic E-state index is 15.7. The number of carbonyl (C=O) groups is 2. The van der Waals surface area contributed by atoms with Crippen molar-refractivity contribution >= 4 is 34.4 Å². The van der Waals surface area contributed by atoms with E-state index in [1.54, 1.807) is 28.8 Å². The van der Waals surface area contributed by atoms with E-state index in [2.05, 4.69) is 25.5 Å². The Hall–Kier alpha value is -3.53. The predicted molar refractivity (Wildman–Crippen MR) is 140 cm³/mol. The zero-order valence-corrected chi connectivity index (χ0v) is 21.7. The quantitative estimate of drug-likeness (QED) is 0.510. The summed E-state index contributed by atoms with van der Waals surface area (Å²) in [4.78, 5) is 38.7. The lowest BCUT2D eigenvalue weighted by Crippen LogP contribution is -2.56. The Morgan fingerprint density at radius 1 is 1.11 bits per heavy atom. The Morgan fingerprint density at radius 2 is 1.86 bits per heavy atom. The summed E-state index contributed by atoms with van der Waals surface area (Å²) < 4.78 is 17.4. The van der Waals surface area contributed by atoms with Gasteiger partial charge in [-0.05, 0) is 57.0 Å². The van der Waals surface area contributed by atoms with Gasteiger partial charge in [0.2, 0.25) is 5.91 Å². The fraction of sp³-hybridized carbons (Fsp3) is 0.481. The van der Waals surface area contributed by atoms with Gasteiger partial charge in [-0.3, -0.25) is 9.59 Å². The molecule has 0 radical (unpaired) electrons. The third-order valence-corrected chi connectivity index (χ3v) is 7.36. The van der Waals surface area contributed by atoms with Crippen LogP contribution in [0.5, 0.6) is 0 Å². The predicted octanol–water partition coefficient (Wildman–Crippen LogP) is 3.14. The number of pyridine rings is 1. The van der Waals surface area contributed by atoms with Gasteiger partial charge in [0, 0.05) is 39.4 Å². The summed E-state index contributed by atoms with van der Waals surface area (Å²) in [6.07, 6.45) is 6.93. The SMILES string of the molecule is Cc1cnc(Nc2c(C(=O)N3CC(C(=O)NCCN4CCCCC4)C3)cc3c(ncn3C)c2F)c(C)c1. The largest absolute Gasteiger partial charge is 0.354 e. The van der Waals surface area contributed by atoms with Crippen molar-refractivity contribution in [2.75, 3.05) is 44.6 Å². The molecule has 2 N–H and O–H groups in total. The van der Waals surface area contributed by atoms with Crippen LogP contribution in [0.1, 0.15) is 40.7 Å². The van der Waals surface area contributed by atoms with E-state index >= 15 is 4.39 Å². The molecule has 9 nitrogen and oxygen atoms in total. The second-order valence-electron chi connectivity index (χ2n) is 10.2. The highest BCUT2D eigenvalue weighted by Gasteiger charge is 2.37. The summed E-state index contributed by atoms with van der Waals surface area (Å²) in [5.41, 5.74) is 2.77. The maximum atomic E-state index is 15.7. The summed E-state index contributed by atoms with van der Waals surface area (Å²) in [5, 5.41) is 6.06. The molecule has 1 aromatic carbocycles. The molecule has 2 saturated heterocycles. The average Bonchev–Trinajstić information content (AvgIpc) is 3.22. The van der Waals surface area contributed by atoms with Crippen molar-refractivity contribution in [3.05, 3.63) is 47.2 Å². The van der Waals surface area contributed by atoms with Crippen molar-refractivity contribution in [3.63, 3.8) is 0 Å². The molecule has 196 valence electrons. The molecule has 5 rings (SSSR count). The van der Waals surface area contributed by atoms with Crippen molar-refractivity contribution in [1.29, 1.82) is 0 Å². The Labute approximate surface area is 216 Å². The highest BCUT2D eigenvalue weighted by atomic mass is 19.1. The summed E-state index contributed by atoms with van der Waals surface area (Å²) in [6.45, 7) is 8.07. The number of hydrogen-bond donors (Lipinski definition) is 2. The van der Waals surface area contributed by atoms with Crippen LogP contribution in [0.3, 0.4) is 0 Å². The molecular weight excluding hydrogens is 473 g/mol. The molecule has 2 amide bonds. The molecule has 0 aliphatic carbocycles. The molecular formula is C27H34FN7O2. The standard InChI is InChI=1S/C27H34FN7O2/c1-17-11-18(2)25(30-13-17)32-23-20(12-21-24(22(23)28)31-16-33(21)3)27(37)35-14-19(15-35)26(36)29-7-10-34-8-5-4-6-9-34/h11-13,16,19H,4-10,14-15H2,1-3H3,(H,29,36)(H,30,32). The molecule has 37 heavy (non-hydrogen) atoms. The first-order chi connectivity index (χ1) is 17.8. The molecule has 0 spiro atoms. The van der Waals surface area contributed by atoms with Gasteiger partial charge in [0.25, 0.3) is 5.91 Å². The zero-order chi connectivity index (χ0) is 26.1. The van der Waals surface area contributed by atoms with E-state index in [4.69, 9.17) is 0 Å². The minimum absolute atomic E-state index is 0.0350. The van der Waals surface area contributed by atoms with Gasteiger partial charge in [0.1, 0.15) is 11.3 Å². The third kappa shape index (κ3) is 5.16. The number of aromatic nitrogens is 3. The first-order valence-electron chi connectivity index (χ1n) is 12.9. The smallest absolute Gasteiger partial charge is 0.256 e. The summed E-state index contributed by atoms with van der Waals surface area (Å²) >= 11 is 0. The van der Waals surface area contributed by atoms with E-state index in [-0.39, 0.29) is 34.5 Å². The first kappa shape index (κ1) is 25.1. The number of rotatable bonds is 7.